The maximum atomic E-state index is 12.6. The molecule has 2 rings (SSSR count). The van der Waals surface area contributed by atoms with Crippen LogP contribution in [0.4, 0.5) is 0 Å². The van der Waals surface area contributed by atoms with Crippen molar-refractivity contribution < 1.29 is 14.3 Å². The summed E-state index contributed by atoms with van der Waals surface area (Å²) in [6.07, 6.45) is 5.40. The number of carbonyl (C=O) groups is 1. The zero-order valence-electron chi connectivity index (χ0n) is 16.0. The Kier molecular flexibility index (Phi) is 8.91. The summed E-state index contributed by atoms with van der Waals surface area (Å²) in [5.74, 6) is 0.866. The van der Waals surface area contributed by atoms with Gasteiger partial charge in [-0.15, -0.1) is 0 Å². The van der Waals surface area contributed by atoms with E-state index >= 15 is 0 Å². The molecule has 0 amide bonds. The van der Waals surface area contributed by atoms with Crippen LogP contribution in [0.3, 0.4) is 0 Å². The Morgan fingerprint density at radius 3 is 2.08 bits per heavy atom. The predicted octanol–water partition coefficient (Wildman–Crippen LogP) is 5.46. The van der Waals surface area contributed by atoms with E-state index in [1.54, 1.807) is 0 Å². The zero-order chi connectivity index (χ0) is 18.6. The molecule has 0 N–H and O–H groups in total. The van der Waals surface area contributed by atoms with Gasteiger partial charge in [-0.3, -0.25) is 4.79 Å². The van der Waals surface area contributed by atoms with E-state index in [0.29, 0.717) is 5.56 Å². The number of hydrogen-bond acceptors (Lipinski definition) is 3. The van der Waals surface area contributed by atoms with E-state index in [-0.39, 0.29) is 5.78 Å². The molecule has 0 radical (unpaired) electrons. The van der Waals surface area contributed by atoms with Crippen molar-refractivity contribution in [1.29, 1.82) is 0 Å². The van der Waals surface area contributed by atoms with E-state index < -0.39 is 0 Å². The lowest BCUT2D eigenvalue weighted by molar-refractivity contribution is 0.103. The van der Waals surface area contributed by atoms with E-state index in [1.807, 2.05) is 55.5 Å². The SMILES string of the molecule is CCCCCOc1ccc(C(=O)c2ccc(CCCOCC)cc2)cc1. The van der Waals surface area contributed by atoms with Gasteiger partial charge in [-0.2, -0.15) is 0 Å². The van der Waals surface area contributed by atoms with Gasteiger partial charge in [-0.25, -0.2) is 0 Å². The number of unbranched alkanes of at least 4 members (excludes halogenated alkanes) is 2. The minimum Gasteiger partial charge on any atom is -0.494 e. The minimum absolute atomic E-state index is 0.0448. The van der Waals surface area contributed by atoms with Gasteiger partial charge in [0.2, 0.25) is 0 Å². The highest BCUT2D eigenvalue weighted by Gasteiger charge is 2.09. The molecule has 0 aliphatic carbocycles. The van der Waals surface area contributed by atoms with Gasteiger partial charge in [0.1, 0.15) is 5.75 Å². The van der Waals surface area contributed by atoms with Gasteiger partial charge in [0.05, 0.1) is 6.61 Å². The third kappa shape index (κ3) is 6.64. The van der Waals surface area contributed by atoms with E-state index in [1.165, 1.54) is 18.4 Å². The molecule has 26 heavy (non-hydrogen) atoms. The second kappa shape index (κ2) is 11.5. The third-order valence-corrected chi connectivity index (χ3v) is 4.31. The summed E-state index contributed by atoms with van der Waals surface area (Å²) in [6.45, 7) is 6.45. The third-order valence-electron chi connectivity index (χ3n) is 4.31. The van der Waals surface area contributed by atoms with Gasteiger partial charge in [0.15, 0.2) is 5.78 Å². The van der Waals surface area contributed by atoms with Gasteiger partial charge in [-0.1, -0.05) is 44.0 Å². The average molecular weight is 354 g/mol. The number of carbonyl (C=O) groups excluding carboxylic acids is 1. The van der Waals surface area contributed by atoms with Crippen molar-refractivity contribution in [3.8, 4) is 5.75 Å². The molecule has 0 saturated carbocycles. The van der Waals surface area contributed by atoms with Crippen LogP contribution in [-0.4, -0.2) is 25.6 Å². The summed E-state index contributed by atoms with van der Waals surface area (Å²) in [7, 11) is 0. The highest BCUT2D eigenvalue weighted by Crippen LogP contribution is 2.17. The van der Waals surface area contributed by atoms with Crippen LogP contribution in [0.15, 0.2) is 48.5 Å². The summed E-state index contributed by atoms with van der Waals surface area (Å²) < 4.78 is 11.1. The fourth-order valence-corrected chi connectivity index (χ4v) is 2.76. The molecule has 0 aromatic heterocycles. The Labute approximate surface area is 157 Å². The van der Waals surface area contributed by atoms with Crippen molar-refractivity contribution in [2.24, 2.45) is 0 Å². The first-order valence-corrected chi connectivity index (χ1v) is 9.68. The Morgan fingerprint density at radius 2 is 1.46 bits per heavy atom. The van der Waals surface area contributed by atoms with Crippen molar-refractivity contribution in [2.75, 3.05) is 19.8 Å². The van der Waals surface area contributed by atoms with E-state index in [2.05, 4.69) is 6.92 Å². The normalized spacial score (nSPS) is 10.7. The number of benzene rings is 2. The molecule has 0 atom stereocenters. The summed E-state index contributed by atoms with van der Waals surface area (Å²) in [4.78, 5) is 12.6. The number of ketones is 1. The molecular formula is C23H30O3. The lowest BCUT2D eigenvalue weighted by Crippen LogP contribution is -2.02. The largest absolute Gasteiger partial charge is 0.494 e. The molecule has 140 valence electrons. The number of aryl methyl sites for hydroxylation is 1. The number of hydrogen-bond donors (Lipinski definition) is 0. The number of rotatable bonds is 12. The van der Waals surface area contributed by atoms with Gasteiger partial charge >= 0.3 is 0 Å². The summed E-state index contributed by atoms with van der Waals surface area (Å²) >= 11 is 0. The Hall–Kier alpha value is -2.13. The molecule has 0 fully saturated rings. The van der Waals surface area contributed by atoms with Crippen LogP contribution in [0.1, 0.15) is 61.0 Å². The zero-order valence-corrected chi connectivity index (χ0v) is 16.0. The van der Waals surface area contributed by atoms with Crippen LogP contribution >= 0.6 is 0 Å². The standard InChI is InChI=1S/C23H30O3/c1-3-5-6-18-26-22-15-13-21(14-16-22)23(24)20-11-9-19(10-12-20)8-7-17-25-4-2/h9-16H,3-8,17-18H2,1-2H3. The molecular weight excluding hydrogens is 324 g/mol. The second-order valence-corrected chi connectivity index (χ2v) is 6.41. The first-order valence-electron chi connectivity index (χ1n) is 9.68. The average Bonchev–Trinajstić information content (AvgIpc) is 2.69. The molecule has 0 heterocycles. The van der Waals surface area contributed by atoms with Crippen molar-refractivity contribution in [3.05, 3.63) is 65.2 Å². The van der Waals surface area contributed by atoms with Crippen molar-refractivity contribution in [2.45, 2.75) is 46.0 Å². The summed E-state index contributed by atoms with van der Waals surface area (Å²) in [5.41, 5.74) is 2.64. The van der Waals surface area contributed by atoms with Crippen LogP contribution in [0, 0.1) is 0 Å². The summed E-state index contributed by atoms with van der Waals surface area (Å²) in [6, 6.07) is 15.3. The molecule has 2 aromatic rings. The van der Waals surface area contributed by atoms with E-state index in [0.717, 1.165) is 50.4 Å². The smallest absolute Gasteiger partial charge is 0.193 e. The minimum atomic E-state index is 0.0448. The molecule has 0 saturated heterocycles. The van der Waals surface area contributed by atoms with E-state index in [9.17, 15) is 4.79 Å². The Balaban J connectivity index is 1.87. The maximum absolute atomic E-state index is 12.6. The van der Waals surface area contributed by atoms with E-state index in [4.69, 9.17) is 9.47 Å². The van der Waals surface area contributed by atoms with Gasteiger partial charge in [-0.05, 0) is 56.0 Å². The van der Waals surface area contributed by atoms with Crippen LogP contribution in [0.25, 0.3) is 0 Å². The molecule has 0 aliphatic rings. The molecule has 3 heteroatoms. The van der Waals surface area contributed by atoms with Gasteiger partial charge in [0, 0.05) is 24.3 Å². The number of ether oxygens (including phenoxy) is 2. The van der Waals surface area contributed by atoms with Gasteiger partial charge < -0.3 is 9.47 Å². The van der Waals surface area contributed by atoms with Crippen LogP contribution in [-0.2, 0) is 11.2 Å². The molecule has 2 aromatic carbocycles. The van der Waals surface area contributed by atoms with Crippen LogP contribution < -0.4 is 4.74 Å². The van der Waals surface area contributed by atoms with Crippen molar-refractivity contribution in [1.82, 2.24) is 0 Å². The molecule has 0 unspecified atom stereocenters. The second-order valence-electron chi connectivity index (χ2n) is 6.41. The van der Waals surface area contributed by atoms with Crippen LogP contribution in [0.5, 0.6) is 5.75 Å². The molecule has 0 bridgehead atoms. The first kappa shape index (κ1) is 20.2. The maximum Gasteiger partial charge on any atom is 0.193 e. The Bertz CT molecular complexity index is 587. The Morgan fingerprint density at radius 1 is 0.808 bits per heavy atom. The van der Waals surface area contributed by atoms with Crippen molar-refractivity contribution in [3.63, 3.8) is 0 Å². The highest BCUT2D eigenvalue weighted by atomic mass is 16.5. The predicted molar refractivity (Wildman–Crippen MR) is 106 cm³/mol. The van der Waals surface area contributed by atoms with Crippen LogP contribution in [0.2, 0.25) is 0 Å². The lowest BCUT2D eigenvalue weighted by Gasteiger charge is -2.07. The molecule has 3 nitrogen and oxygen atoms in total. The van der Waals surface area contributed by atoms with Gasteiger partial charge in [0.25, 0.3) is 0 Å². The van der Waals surface area contributed by atoms with Crippen molar-refractivity contribution >= 4 is 5.78 Å². The first-order chi connectivity index (χ1) is 12.7. The molecule has 0 aliphatic heterocycles. The summed E-state index contributed by atoms with van der Waals surface area (Å²) in [5, 5.41) is 0. The monoisotopic (exact) mass is 354 g/mol. The quantitative estimate of drug-likeness (QED) is 0.375. The topological polar surface area (TPSA) is 35.5 Å². The molecule has 0 spiro atoms. The fraction of sp³-hybridized carbons (Fsp3) is 0.435. The lowest BCUT2D eigenvalue weighted by atomic mass is 10.0. The fourth-order valence-electron chi connectivity index (χ4n) is 2.76. The highest BCUT2D eigenvalue weighted by molar-refractivity contribution is 6.09.